The molecule has 2 heterocycles. The molecule has 10 nitrogen and oxygen atoms in total. The van der Waals surface area contributed by atoms with Crippen LogP contribution in [0.1, 0.15) is 23.6 Å². The van der Waals surface area contributed by atoms with Crippen molar-refractivity contribution in [2.45, 2.75) is 32.1 Å². The van der Waals surface area contributed by atoms with Crippen LogP contribution in [0.4, 0.5) is 11.4 Å². The third kappa shape index (κ3) is 4.92. The minimum Gasteiger partial charge on any atom is -0.466 e. The number of nitrogens with one attached hydrogen (secondary N) is 1. The Kier molecular flexibility index (Phi) is 6.90. The number of esters is 1. The van der Waals surface area contributed by atoms with Gasteiger partial charge in [-0.1, -0.05) is 12.1 Å². The lowest BCUT2D eigenvalue weighted by Gasteiger charge is -2.34. The number of nitrogens with two attached hydrogens (primary N) is 1. The number of aliphatic hydroxyl groups excluding tert-OH is 1. The van der Waals surface area contributed by atoms with Crippen LogP contribution in [0.25, 0.3) is 0 Å². The Bertz CT molecular complexity index is 1150. The fraction of sp³-hybridized carbons (Fsp3) is 0.333. The highest BCUT2D eigenvalue weighted by Gasteiger charge is 2.39. The van der Waals surface area contributed by atoms with Gasteiger partial charge in [-0.2, -0.15) is 0 Å². The van der Waals surface area contributed by atoms with Gasteiger partial charge in [0.15, 0.2) is 12.2 Å². The maximum Gasteiger partial charge on any atom is 0.310 e. The van der Waals surface area contributed by atoms with E-state index in [9.17, 15) is 19.5 Å². The summed E-state index contributed by atoms with van der Waals surface area (Å²) in [5, 5.41) is 13.2. The number of carbonyl (C=O) groups is 3. The quantitative estimate of drug-likeness (QED) is 0.511. The van der Waals surface area contributed by atoms with Gasteiger partial charge in [0.1, 0.15) is 5.84 Å². The molecule has 2 aliphatic heterocycles. The van der Waals surface area contributed by atoms with Gasteiger partial charge in [0.2, 0.25) is 0 Å². The molecule has 2 aliphatic rings. The van der Waals surface area contributed by atoms with Crippen LogP contribution in [0.15, 0.2) is 47.5 Å². The van der Waals surface area contributed by atoms with Crippen LogP contribution in [-0.4, -0.2) is 60.7 Å². The highest BCUT2D eigenvalue weighted by molar-refractivity contribution is 6.05. The van der Waals surface area contributed by atoms with E-state index in [1.165, 1.54) is 4.90 Å². The predicted octanol–water partition coefficient (Wildman–Crippen LogP) is 0.743. The Morgan fingerprint density at radius 3 is 2.94 bits per heavy atom. The van der Waals surface area contributed by atoms with Gasteiger partial charge < -0.3 is 30.5 Å². The molecule has 0 bridgehead atoms. The summed E-state index contributed by atoms with van der Waals surface area (Å²) < 4.78 is 10.4. The lowest BCUT2D eigenvalue weighted by molar-refractivity contribution is -0.150. The lowest BCUT2D eigenvalue weighted by Crippen LogP contribution is -2.55. The van der Waals surface area contributed by atoms with Gasteiger partial charge >= 0.3 is 5.97 Å². The van der Waals surface area contributed by atoms with Gasteiger partial charge in [-0.25, -0.2) is 0 Å². The van der Waals surface area contributed by atoms with Gasteiger partial charge in [-0.15, -0.1) is 0 Å². The molecule has 1 saturated heterocycles. The molecule has 0 aromatic heterocycles. The Balaban J connectivity index is 1.43. The van der Waals surface area contributed by atoms with Crippen LogP contribution in [0.3, 0.4) is 0 Å². The van der Waals surface area contributed by atoms with E-state index in [4.69, 9.17) is 15.2 Å². The number of fused-ring (bicyclic) bond motifs is 1. The summed E-state index contributed by atoms with van der Waals surface area (Å²) in [5.41, 5.74) is 9.17. The Hall–Kier alpha value is -3.76. The second-order valence-corrected chi connectivity index (χ2v) is 7.94. The summed E-state index contributed by atoms with van der Waals surface area (Å²) in [5.74, 6) is -1.22. The van der Waals surface area contributed by atoms with Crippen molar-refractivity contribution >= 4 is 35.0 Å². The van der Waals surface area contributed by atoms with Crippen LogP contribution in [0.5, 0.6) is 0 Å². The number of amides is 2. The summed E-state index contributed by atoms with van der Waals surface area (Å²) in [6.45, 7) is 2.82. The van der Waals surface area contributed by atoms with Crippen molar-refractivity contribution in [2.24, 2.45) is 10.7 Å². The highest BCUT2D eigenvalue weighted by atomic mass is 16.5. The molecule has 2 aromatic rings. The van der Waals surface area contributed by atoms with E-state index in [0.717, 1.165) is 11.1 Å². The van der Waals surface area contributed by atoms with Crippen LogP contribution in [-0.2, 0) is 36.8 Å². The molecule has 0 aliphatic carbocycles. The van der Waals surface area contributed by atoms with Crippen LogP contribution in [0.2, 0.25) is 0 Å². The van der Waals surface area contributed by atoms with Crippen molar-refractivity contribution in [3.63, 3.8) is 0 Å². The zero-order valence-corrected chi connectivity index (χ0v) is 18.7. The Labute approximate surface area is 196 Å². The fourth-order valence-electron chi connectivity index (χ4n) is 3.96. The summed E-state index contributed by atoms with van der Waals surface area (Å²) in [6.07, 6.45) is -3.00. The van der Waals surface area contributed by atoms with Gasteiger partial charge in [0.25, 0.3) is 11.8 Å². The van der Waals surface area contributed by atoms with E-state index >= 15 is 0 Å². The molecular formula is C24H26N4O6. The second-order valence-electron chi connectivity index (χ2n) is 7.94. The number of anilines is 2. The number of amidine groups is 1. The van der Waals surface area contributed by atoms with Crippen molar-refractivity contribution in [3.05, 3.63) is 59.2 Å². The van der Waals surface area contributed by atoms with Crippen LogP contribution < -0.4 is 16.0 Å². The van der Waals surface area contributed by atoms with E-state index in [2.05, 4.69) is 10.3 Å². The molecule has 2 aromatic carbocycles. The zero-order chi connectivity index (χ0) is 24.2. The molecular weight excluding hydrogens is 440 g/mol. The maximum absolute atomic E-state index is 13.1. The number of ether oxygens (including phenoxy) is 2. The number of morpholine rings is 1. The number of benzene rings is 2. The largest absolute Gasteiger partial charge is 0.466 e. The molecule has 10 heteroatoms. The second kappa shape index (κ2) is 10.0. The van der Waals surface area contributed by atoms with E-state index in [1.807, 2.05) is 0 Å². The highest BCUT2D eigenvalue weighted by Crippen LogP contribution is 2.24. The van der Waals surface area contributed by atoms with E-state index in [0.29, 0.717) is 29.3 Å². The van der Waals surface area contributed by atoms with Gasteiger partial charge in [0, 0.05) is 23.5 Å². The monoisotopic (exact) mass is 466 g/mol. The molecule has 178 valence electrons. The summed E-state index contributed by atoms with van der Waals surface area (Å²) >= 11 is 0. The number of rotatable bonds is 7. The molecule has 4 rings (SSSR count). The number of hydrogen-bond donors (Lipinski definition) is 3. The third-order valence-corrected chi connectivity index (χ3v) is 5.62. The first-order valence-electron chi connectivity index (χ1n) is 11.0. The van der Waals surface area contributed by atoms with Gasteiger partial charge in [-0.05, 0) is 48.4 Å². The molecule has 2 atom stereocenters. The maximum atomic E-state index is 13.1. The van der Waals surface area contributed by atoms with Crippen LogP contribution >= 0.6 is 0 Å². The Morgan fingerprint density at radius 1 is 1.32 bits per heavy atom. The zero-order valence-electron chi connectivity index (χ0n) is 18.7. The molecule has 0 radical (unpaired) electrons. The molecule has 4 N–H and O–H groups in total. The molecule has 0 saturated carbocycles. The molecule has 0 spiro atoms. The number of carbonyl (C=O) groups excluding carboxylic acids is 3. The van der Waals surface area contributed by atoms with E-state index in [1.54, 1.807) is 49.4 Å². The molecule has 34 heavy (non-hydrogen) atoms. The summed E-state index contributed by atoms with van der Waals surface area (Å²) in [6, 6.07) is 12.1. The average Bonchev–Trinajstić information content (AvgIpc) is 3.19. The predicted molar refractivity (Wildman–Crippen MR) is 124 cm³/mol. The topological polar surface area (TPSA) is 144 Å². The average molecular weight is 466 g/mol. The normalized spacial score (nSPS) is 18.2. The third-order valence-electron chi connectivity index (χ3n) is 5.62. The first-order chi connectivity index (χ1) is 16.4. The van der Waals surface area contributed by atoms with Crippen molar-refractivity contribution in [2.75, 3.05) is 30.0 Å². The van der Waals surface area contributed by atoms with Gasteiger partial charge in [-0.3, -0.25) is 19.4 Å². The van der Waals surface area contributed by atoms with Crippen molar-refractivity contribution in [1.29, 1.82) is 0 Å². The number of aliphatic hydroxyl groups is 1. The van der Waals surface area contributed by atoms with Gasteiger partial charge in [0.05, 0.1) is 26.2 Å². The number of aliphatic imine (C=N–C) groups is 1. The SMILES string of the molecule is CCOC(=O)Cc1cccc(N2CCO[C@H]([C@@H](O)C(=O)Nc3ccc4c(c3)CN=C4N)C2=O)c1. The van der Waals surface area contributed by atoms with Crippen molar-refractivity contribution in [1.82, 2.24) is 0 Å². The smallest absolute Gasteiger partial charge is 0.310 e. The minimum absolute atomic E-state index is 0.0755. The summed E-state index contributed by atoms with van der Waals surface area (Å²) in [4.78, 5) is 43.2. The van der Waals surface area contributed by atoms with Crippen molar-refractivity contribution < 1.29 is 29.0 Å². The minimum atomic E-state index is -1.72. The van der Waals surface area contributed by atoms with Crippen molar-refractivity contribution in [3.8, 4) is 0 Å². The van der Waals surface area contributed by atoms with Crippen LogP contribution in [0, 0.1) is 0 Å². The number of nitrogens with zero attached hydrogens (tertiary/aromatic N) is 2. The van der Waals surface area contributed by atoms with E-state index < -0.39 is 24.0 Å². The molecule has 2 amide bonds. The standard InChI is InChI=1S/C24H26N4O6/c1-2-33-19(29)11-14-4-3-5-17(10-14)28-8-9-34-21(24(28)32)20(30)23(31)27-16-6-7-18-15(12-16)13-26-22(18)25/h3-7,10,12,20-21,30H,2,8-9,11,13H2,1H3,(H2,25,26)(H,27,31)/t20-,21-/m1/s1. The Morgan fingerprint density at radius 2 is 2.15 bits per heavy atom. The first-order valence-corrected chi connectivity index (χ1v) is 11.0. The molecule has 1 fully saturated rings. The first kappa shape index (κ1) is 23.4. The summed E-state index contributed by atoms with van der Waals surface area (Å²) in [7, 11) is 0. The lowest BCUT2D eigenvalue weighted by atomic mass is 10.1. The fourth-order valence-corrected chi connectivity index (χ4v) is 3.96. The van der Waals surface area contributed by atoms with E-state index in [-0.39, 0.29) is 32.1 Å². The number of hydrogen-bond acceptors (Lipinski definition) is 8. The molecule has 0 unspecified atom stereocenters.